The van der Waals surface area contributed by atoms with E-state index in [1.807, 2.05) is 51.1 Å². The minimum Gasteiger partial charge on any atom is -0.593 e. The number of rotatable bonds is 8. The number of carbonyl (C=O) groups excluding carboxylic acids is 2. The predicted octanol–water partition coefficient (Wildman–Crippen LogP) is 4.22. The number of benzene rings is 3. The fourth-order valence-electron chi connectivity index (χ4n) is 3.13. The number of hydrogen-bond acceptors (Lipinski definition) is 4. The third kappa shape index (κ3) is 7.69. The summed E-state index contributed by atoms with van der Waals surface area (Å²) >= 11 is -1.39. The first-order chi connectivity index (χ1) is 16.1. The van der Waals surface area contributed by atoms with Gasteiger partial charge >= 0.3 is 0 Å². The van der Waals surface area contributed by atoms with Crippen LogP contribution in [-0.2, 0) is 22.6 Å². The first kappa shape index (κ1) is 25.4. The zero-order valence-electron chi connectivity index (χ0n) is 19.3. The van der Waals surface area contributed by atoms with E-state index in [1.54, 1.807) is 24.3 Å². The van der Waals surface area contributed by atoms with Gasteiger partial charge in [-0.05, 0) is 74.9 Å². The summed E-state index contributed by atoms with van der Waals surface area (Å²) in [5.74, 6) is -1.33. The maximum Gasteiger partial charge on any atom is 0.251 e. The molecule has 0 saturated carbocycles. The van der Waals surface area contributed by atoms with Crippen LogP contribution >= 0.6 is 0 Å². The van der Waals surface area contributed by atoms with Crippen molar-refractivity contribution in [2.75, 3.05) is 5.32 Å². The maximum atomic E-state index is 13.2. The molecule has 0 aliphatic carbocycles. The molecule has 8 heteroatoms. The molecule has 6 nitrogen and oxygen atoms in total. The van der Waals surface area contributed by atoms with Gasteiger partial charge in [-0.1, -0.05) is 30.3 Å². The van der Waals surface area contributed by atoms with Crippen molar-refractivity contribution in [3.8, 4) is 0 Å². The van der Waals surface area contributed by atoms with Gasteiger partial charge in [0.1, 0.15) is 11.9 Å². The molecule has 0 radical (unpaired) electrons. The highest BCUT2D eigenvalue weighted by atomic mass is 32.2. The predicted molar refractivity (Wildman–Crippen MR) is 132 cm³/mol. The zero-order chi connectivity index (χ0) is 24.7. The van der Waals surface area contributed by atoms with Crippen molar-refractivity contribution in [2.24, 2.45) is 0 Å². The van der Waals surface area contributed by atoms with Crippen LogP contribution in [0.4, 0.5) is 10.1 Å². The SMILES string of the molecule is CC(C)(C)N[S+]([O-])c1ccc(NC(=O)[C@H](Cc2ccccc2)NC(=O)c2ccc(F)cc2)cc1. The topological polar surface area (TPSA) is 93.3 Å². The number of carbonyl (C=O) groups is 2. The number of nitrogens with one attached hydrogen (secondary N) is 3. The maximum absolute atomic E-state index is 13.2. The Labute approximate surface area is 202 Å². The van der Waals surface area contributed by atoms with E-state index in [4.69, 9.17) is 0 Å². The highest BCUT2D eigenvalue weighted by Gasteiger charge is 2.23. The Morgan fingerprint density at radius 1 is 0.941 bits per heavy atom. The molecule has 34 heavy (non-hydrogen) atoms. The van der Waals surface area contributed by atoms with Crippen molar-refractivity contribution in [3.63, 3.8) is 0 Å². The van der Waals surface area contributed by atoms with E-state index in [9.17, 15) is 18.5 Å². The Morgan fingerprint density at radius 3 is 2.15 bits per heavy atom. The highest BCUT2D eigenvalue weighted by molar-refractivity contribution is 7.89. The van der Waals surface area contributed by atoms with Crippen molar-refractivity contribution < 1.29 is 18.5 Å². The first-order valence-electron chi connectivity index (χ1n) is 10.8. The molecule has 3 N–H and O–H groups in total. The summed E-state index contributed by atoms with van der Waals surface area (Å²) in [4.78, 5) is 26.4. The number of halogens is 1. The van der Waals surface area contributed by atoms with Crippen LogP contribution in [-0.4, -0.2) is 27.9 Å². The average molecular weight is 482 g/mol. The smallest absolute Gasteiger partial charge is 0.251 e. The van der Waals surface area contributed by atoms with Crippen molar-refractivity contribution in [3.05, 3.63) is 95.8 Å². The molecule has 0 aliphatic rings. The van der Waals surface area contributed by atoms with Crippen LogP contribution in [0.2, 0.25) is 0 Å². The van der Waals surface area contributed by atoms with E-state index in [-0.39, 0.29) is 17.5 Å². The van der Waals surface area contributed by atoms with Crippen LogP contribution < -0.4 is 15.4 Å². The van der Waals surface area contributed by atoms with E-state index >= 15 is 0 Å². The second-order valence-corrected chi connectivity index (χ2v) is 10.1. The molecule has 0 aliphatic heterocycles. The molecule has 0 aromatic heterocycles. The molecular weight excluding hydrogens is 453 g/mol. The van der Waals surface area contributed by atoms with Gasteiger partial charge in [0, 0.05) is 17.7 Å². The summed E-state index contributed by atoms with van der Waals surface area (Å²) in [5.41, 5.74) is 1.33. The van der Waals surface area contributed by atoms with Gasteiger partial charge in [-0.2, -0.15) is 0 Å². The van der Waals surface area contributed by atoms with Crippen molar-refractivity contribution >= 4 is 28.9 Å². The number of amides is 2. The van der Waals surface area contributed by atoms with Crippen LogP contribution in [0, 0.1) is 5.82 Å². The summed E-state index contributed by atoms with van der Waals surface area (Å²) in [6.07, 6.45) is 0.275. The van der Waals surface area contributed by atoms with Gasteiger partial charge in [0.15, 0.2) is 4.90 Å². The van der Waals surface area contributed by atoms with Gasteiger partial charge in [0.25, 0.3) is 5.91 Å². The van der Waals surface area contributed by atoms with Gasteiger partial charge < -0.3 is 15.2 Å². The lowest BCUT2D eigenvalue weighted by Crippen LogP contribution is -2.45. The molecule has 0 spiro atoms. The lowest BCUT2D eigenvalue weighted by molar-refractivity contribution is -0.118. The van der Waals surface area contributed by atoms with E-state index in [2.05, 4.69) is 15.4 Å². The van der Waals surface area contributed by atoms with Crippen molar-refractivity contribution in [2.45, 2.75) is 43.7 Å². The number of hydrogen-bond donors (Lipinski definition) is 3. The van der Waals surface area contributed by atoms with Crippen LogP contribution in [0.5, 0.6) is 0 Å². The Kier molecular flexibility index (Phi) is 8.44. The zero-order valence-corrected chi connectivity index (χ0v) is 20.1. The molecule has 178 valence electrons. The standard InChI is InChI=1S/C26H28FN3O3S/c1-26(2,3)30-34(33)22-15-13-21(14-16-22)28-25(32)23(17-18-7-5-4-6-8-18)29-24(31)19-9-11-20(27)12-10-19/h4-16,23,30H,17H2,1-3H3,(H,28,32)(H,29,31)/t23-,34?/m0/s1. The van der Waals surface area contributed by atoms with Gasteiger partial charge in [0.05, 0.1) is 16.9 Å². The molecule has 2 atom stereocenters. The molecule has 1 unspecified atom stereocenters. The second kappa shape index (κ2) is 11.3. The van der Waals surface area contributed by atoms with E-state index in [0.29, 0.717) is 10.6 Å². The normalized spacial score (nSPS) is 13.1. The second-order valence-electron chi connectivity index (χ2n) is 8.86. The lowest BCUT2D eigenvalue weighted by atomic mass is 10.0. The summed E-state index contributed by atoms with van der Waals surface area (Å²) in [5, 5.41) is 5.55. The minimum atomic E-state index is -1.39. The van der Waals surface area contributed by atoms with Crippen molar-refractivity contribution in [1.29, 1.82) is 0 Å². The van der Waals surface area contributed by atoms with Gasteiger partial charge in [-0.25, -0.2) is 4.39 Å². The van der Waals surface area contributed by atoms with Gasteiger partial charge in [-0.3, -0.25) is 9.59 Å². The molecule has 0 saturated heterocycles. The third-order valence-electron chi connectivity index (χ3n) is 4.75. The van der Waals surface area contributed by atoms with Crippen LogP contribution in [0.25, 0.3) is 0 Å². The molecule has 3 rings (SSSR count). The van der Waals surface area contributed by atoms with E-state index < -0.39 is 35.0 Å². The van der Waals surface area contributed by atoms with Crippen LogP contribution in [0.1, 0.15) is 36.7 Å². The fourth-order valence-corrected chi connectivity index (χ4v) is 4.19. The molecule has 3 aromatic carbocycles. The summed E-state index contributed by atoms with van der Waals surface area (Å²) in [6, 6.07) is 20.3. The average Bonchev–Trinajstić information content (AvgIpc) is 2.79. The molecule has 0 fully saturated rings. The third-order valence-corrected chi connectivity index (χ3v) is 6.24. The van der Waals surface area contributed by atoms with Crippen molar-refractivity contribution in [1.82, 2.24) is 10.0 Å². The van der Waals surface area contributed by atoms with Crippen LogP contribution in [0.3, 0.4) is 0 Å². The monoisotopic (exact) mass is 481 g/mol. The largest absolute Gasteiger partial charge is 0.593 e. The molecule has 0 bridgehead atoms. The molecule has 0 heterocycles. The number of anilines is 1. The van der Waals surface area contributed by atoms with E-state index in [1.165, 1.54) is 24.3 Å². The molecule has 2 amide bonds. The minimum absolute atomic E-state index is 0.255. The molecular formula is C26H28FN3O3S. The first-order valence-corrected chi connectivity index (χ1v) is 12.0. The Balaban J connectivity index is 1.72. The van der Waals surface area contributed by atoms with Crippen LogP contribution in [0.15, 0.2) is 83.8 Å². The van der Waals surface area contributed by atoms with Gasteiger partial charge in [0.2, 0.25) is 5.91 Å². The Morgan fingerprint density at radius 2 is 1.56 bits per heavy atom. The Bertz CT molecular complexity index is 1100. The Hall–Kier alpha value is -3.20. The summed E-state index contributed by atoms with van der Waals surface area (Å²) in [7, 11) is 0. The lowest BCUT2D eigenvalue weighted by Gasteiger charge is -2.22. The van der Waals surface area contributed by atoms with Gasteiger partial charge in [-0.15, -0.1) is 4.72 Å². The summed E-state index contributed by atoms with van der Waals surface area (Å²) in [6.45, 7) is 5.77. The quantitative estimate of drug-likeness (QED) is 0.420. The highest BCUT2D eigenvalue weighted by Crippen LogP contribution is 2.17. The molecule has 3 aromatic rings. The van der Waals surface area contributed by atoms with E-state index in [0.717, 1.165) is 5.56 Å². The fraction of sp³-hybridized carbons (Fsp3) is 0.231. The summed E-state index contributed by atoms with van der Waals surface area (Å²) < 4.78 is 28.6.